The lowest BCUT2D eigenvalue weighted by molar-refractivity contribution is -0.122. The first-order valence-corrected chi connectivity index (χ1v) is 8.15. The Morgan fingerprint density at radius 1 is 1.27 bits per heavy atom. The van der Waals surface area contributed by atoms with Gasteiger partial charge in [0.25, 0.3) is 0 Å². The minimum absolute atomic E-state index is 0.0637. The molecule has 1 aliphatic rings. The molecule has 1 heterocycles. The fourth-order valence-corrected chi connectivity index (χ4v) is 2.85. The Morgan fingerprint density at radius 3 is 2.54 bits per heavy atom. The van der Waals surface area contributed by atoms with E-state index < -0.39 is 29.8 Å². The molecule has 132 valence electrons. The van der Waals surface area contributed by atoms with E-state index in [2.05, 4.69) is 16.0 Å². The van der Waals surface area contributed by atoms with Crippen molar-refractivity contribution < 1.29 is 14.0 Å². The summed E-state index contributed by atoms with van der Waals surface area (Å²) in [5.41, 5.74) is 1.74. The number of urea groups is 1. The molecule has 0 spiro atoms. The van der Waals surface area contributed by atoms with E-state index in [1.165, 1.54) is 18.2 Å². The molecule has 3 amide bonds. The minimum atomic E-state index is -0.709. The molecule has 26 heavy (non-hydrogen) atoms. The number of amides is 3. The molecule has 0 aliphatic carbocycles. The second-order valence-corrected chi connectivity index (χ2v) is 6.16. The van der Waals surface area contributed by atoms with E-state index in [1.807, 2.05) is 6.07 Å². The number of nitrogens with zero attached hydrogens (tertiary/aromatic N) is 1. The average Bonchev–Trinajstić information content (AvgIpc) is 3.09. The number of carbonyl (C=O) groups is 2. The van der Waals surface area contributed by atoms with Gasteiger partial charge >= 0.3 is 6.03 Å². The molecule has 2 aromatic carbocycles. The number of hydrogen-bond acceptors (Lipinski definition) is 3. The van der Waals surface area contributed by atoms with E-state index >= 15 is 0 Å². The van der Waals surface area contributed by atoms with Crippen LogP contribution >= 0.6 is 11.6 Å². The molecule has 1 aliphatic heterocycles. The smallest absolute Gasteiger partial charge is 0.315 e. The van der Waals surface area contributed by atoms with Crippen LogP contribution in [-0.2, 0) is 4.79 Å². The highest BCUT2D eigenvalue weighted by molar-refractivity contribution is 6.30. The van der Waals surface area contributed by atoms with E-state index in [4.69, 9.17) is 16.9 Å². The molecule has 2 atom stereocenters. The Bertz CT molecular complexity index is 895. The summed E-state index contributed by atoms with van der Waals surface area (Å²) in [6.45, 7) is 0.176. The van der Waals surface area contributed by atoms with Gasteiger partial charge in [0.1, 0.15) is 11.9 Å². The molecule has 1 saturated heterocycles. The van der Waals surface area contributed by atoms with Crippen LogP contribution in [-0.4, -0.2) is 24.5 Å². The van der Waals surface area contributed by atoms with Crippen molar-refractivity contribution in [2.75, 3.05) is 6.54 Å². The second-order valence-electron chi connectivity index (χ2n) is 5.76. The highest BCUT2D eigenvalue weighted by Crippen LogP contribution is 2.26. The molecule has 0 saturated carbocycles. The molecule has 3 N–H and O–H groups in total. The van der Waals surface area contributed by atoms with Crippen LogP contribution in [0.25, 0.3) is 0 Å². The third-order valence-corrected chi connectivity index (χ3v) is 4.31. The Labute approximate surface area is 154 Å². The number of nitrogens with one attached hydrogen (secondary N) is 3. The lowest BCUT2D eigenvalue weighted by Crippen LogP contribution is -2.44. The lowest BCUT2D eigenvalue weighted by Gasteiger charge is -2.22. The van der Waals surface area contributed by atoms with Gasteiger partial charge in [0, 0.05) is 6.54 Å². The molecule has 0 aromatic heterocycles. The summed E-state index contributed by atoms with van der Waals surface area (Å²) >= 11 is 5.88. The largest absolute Gasteiger partial charge is 0.343 e. The summed E-state index contributed by atoms with van der Waals surface area (Å²) in [6, 6.07) is 11.1. The van der Waals surface area contributed by atoms with E-state index in [1.54, 1.807) is 24.3 Å². The molecule has 1 unspecified atom stereocenters. The van der Waals surface area contributed by atoms with E-state index in [-0.39, 0.29) is 11.6 Å². The van der Waals surface area contributed by atoms with Crippen LogP contribution in [0.4, 0.5) is 9.18 Å². The van der Waals surface area contributed by atoms with Gasteiger partial charge in [-0.1, -0.05) is 29.8 Å². The van der Waals surface area contributed by atoms with Crippen molar-refractivity contribution in [1.82, 2.24) is 16.0 Å². The van der Waals surface area contributed by atoms with Crippen LogP contribution in [0.5, 0.6) is 0 Å². The van der Waals surface area contributed by atoms with Crippen molar-refractivity contribution in [2.45, 2.75) is 12.1 Å². The van der Waals surface area contributed by atoms with Crippen LogP contribution in [0.1, 0.15) is 22.7 Å². The topological polar surface area (TPSA) is 94.0 Å². The predicted molar refractivity (Wildman–Crippen MR) is 92.9 cm³/mol. The van der Waals surface area contributed by atoms with E-state index in [0.717, 1.165) is 0 Å². The van der Waals surface area contributed by atoms with Crippen LogP contribution in [0, 0.1) is 17.1 Å². The third kappa shape index (κ3) is 3.76. The van der Waals surface area contributed by atoms with Gasteiger partial charge in [-0.2, -0.15) is 5.26 Å². The van der Waals surface area contributed by atoms with Crippen molar-refractivity contribution in [3.8, 4) is 6.07 Å². The van der Waals surface area contributed by atoms with Gasteiger partial charge in [-0.15, -0.1) is 0 Å². The van der Waals surface area contributed by atoms with Crippen LogP contribution in [0.2, 0.25) is 5.02 Å². The first-order chi connectivity index (χ1) is 12.5. The number of rotatable bonds is 4. The van der Waals surface area contributed by atoms with E-state index in [0.29, 0.717) is 16.7 Å². The molecule has 2 aromatic rings. The first kappa shape index (κ1) is 17.7. The van der Waals surface area contributed by atoms with Crippen molar-refractivity contribution in [1.29, 1.82) is 5.26 Å². The lowest BCUT2D eigenvalue weighted by atomic mass is 9.97. The number of nitriles is 1. The van der Waals surface area contributed by atoms with Crippen molar-refractivity contribution in [3.63, 3.8) is 0 Å². The maximum absolute atomic E-state index is 13.5. The van der Waals surface area contributed by atoms with Gasteiger partial charge in [0.2, 0.25) is 5.91 Å². The van der Waals surface area contributed by atoms with Crippen molar-refractivity contribution in [3.05, 3.63) is 70.0 Å². The Kier molecular flexibility index (Phi) is 5.05. The van der Waals surface area contributed by atoms with Crippen LogP contribution < -0.4 is 16.0 Å². The summed E-state index contributed by atoms with van der Waals surface area (Å²) in [7, 11) is 0. The first-order valence-electron chi connectivity index (χ1n) is 7.77. The maximum atomic E-state index is 13.5. The summed E-state index contributed by atoms with van der Waals surface area (Å²) < 4.78 is 13.5. The van der Waals surface area contributed by atoms with Gasteiger partial charge in [0.15, 0.2) is 0 Å². The van der Waals surface area contributed by atoms with Gasteiger partial charge in [0.05, 0.1) is 22.7 Å². The van der Waals surface area contributed by atoms with E-state index in [9.17, 15) is 14.0 Å². The zero-order valence-electron chi connectivity index (χ0n) is 13.4. The van der Waals surface area contributed by atoms with Gasteiger partial charge in [-0.3, -0.25) is 4.79 Å². The molecule has 1 fully saturated rings. The zero-order chi connectivity index (χ0) is 18.7. The number of hydrogen-bond donors (Lipinski definition) is 3. The summed E-state index contributed by atoms with van der Waals surface area (Å²) in [4.78, 5) is 23.7. The fraction of sp³-hybridized carbons (Fsp3) is 0.167. The summed E-state index contributed by atoms with van der Waals surface area (Å²) in [5.74, 6) is -0.953. The Hall–Kier alpha value is -3.11. The molecular weight excluding hydrogens is 359 g/mol. The molecular formula is C18H14ClFN4O2. The van der Waals surface area contributed by atoms with Crippen molar-refractivity contribution >= 4 is 23.5 Å². The Morgan fingerprint density at radius 2 is 1.96 bits per heavy atom. The van der Waals surface area contributed by atoms with Gasteiger partial charge < -0.3 is 16.0 Å². The highest BCUT2D eigenvalue weighted by atomic mass is 35.5. The molecule has 6 nitrogen and oxygen atoms in total. The zero-order valence-corrected chi connectivity index (χ0v) is 14.2. The third-order valence-electron chi connectivity index (χ3n) is 4.03. The number of halogens is 2. The molecule has 0 radical (unpaired) electrons. The summed E-state index contributed by atoms with van der Waals surface area (Å²) in [5, 5.41) is 16.7. The van der Waals surface area contributed by atoms with Crippen LogP contribution in [0.3, 0.4) is 0 Å². The van der Waals surface area contributed by atoms with Crippen LogP contribution in [0.15, 0.2) is 42.5 Å². The number of carbonyl (C=O) groups excluding carboxylic acids is 2. The van der Waals surface area contributed by atoms with Gasteiger partial charge in [-0.25, -0.2) is 9.18 Å². The molecule has 3 rings (SSSR count). The Balaban J connectivity index is 1.92. The second kappa shape index (κ2) is 7.42. The minimum Gasteiger partial charge on any atom is -0.343 e. The molecule has 8 heteroatoms. The normalized spacial score (nSPS) is 17.0. The number of benzene rings is 2. The quantitative estimate of drug-likeness (QED) is 0.768. The standard InChI is InChI=1S/C18H14ClFN4O2/c19-13-7-12(5-6-14(13)20)16(11-3-1-10(8-21)2-4-11)24-17(25)15-9-22-18(26)23-15/h1-7,15-16H,9H2,(H,24,25)(H2,22,23,26)/t15-,16?/m0/s1. The van der Waals surface area contributed by atoms with Crippen molar-refractivity contribution in [2.24, 2.45) is 0 Å². The fourth-order valence-electron chi connectivity index (χ4n) is 2.66. The summed E-state index contributed by atoms with van der Waals surface area (Å²) in [6.07, 6.45) is 0. The maximum Gasteiger partial charge on any atom is 0.315 e. The monoisotopic (exact) mass is 372 g/mol. The SMILES string of the molecule is N#Cc1ccc(C(NC(=O)[C@@H]2CNC(=O)N2)c2ccc(F)c(Cl)c2)cc1. The van der Waals surface area contributed by atoms with Gasteiger partial charge in [-0.05, 0) is 35.4 Å². The molecule has 0 bridgehead atoms. The highest BCUT2D eigenvalue weighted by Gasteiger charge is 2.29. The predicted octanol–water partition coefficient (Wildman–Crippen LogP) is 2.24. The average molecular weight is 373 g/mol.